The third-order valence-electron chi connectivity index (χ3n) is 4.17. The number of carbonyl (C=O) groups is 1. The maximum absolute atomic E-state index is 12.9. The molecule has 2 rings (SSSR count). The highest BCUT2D eigenvalue weighted by Crippen LogP contribution is 2.25. The number of amides is 1. The van der Waals surface area contributed by atoms with Crippen molar-refractivity contribution in [3.8, 4) is 0 Å². The molecule has 0 aliphatic rings. The number of anilines is 2. The van der Waals surface area contributed by atoms with Gasteiger partial charge in [0.25, 0.3) is 0 Å². The average Bonchev–Trinajstić information content (AvgIpc) is 2.53. The number of nitrogens with one attached hydrogen (secondary N) is 1. The van der Waals surface area contributed by atoms with Gasteiger partial charge < -0.3 is 5.32 Å². The van der Waals surface area contributed by atoms with Gasteiger partial charge in [-0.25, -0.2) is 4.31 Å². The first kappa shape index (κ1) is 20.9. The summed E-state index contributed by atoms with van der Waals surface area (Å²) in [6, 6.07) is 11.3. The quantitative estimate of drug-likeness (QED) is 0.825. The molecule has 0 radical (unpaired) electrons. The molecule has 146 valence electrons. The standard InChI is InChI=1S/C20H27N3O3S/c1-14-7-8-17(4)19(12-14)23(27(25,26)22(5)6)13-20(24)21-18-10-15(2)9-16(3)11-18/h7-12H,13H2,1-6H3,(H,21,24). The van der Waals surface area contributed by atoms with Crippen LogP contribution in [0.1, 0.15) is 22.3 Å². The summed E-state index contributed by atoms with van der Waals surface area (Å²) in [5.41, 5.74) is 4.91. The second kappa shape index (κ2) is 8.10. The first-order valence-electron chi connectivity index (χ1n) is 8.66. The summed E-state index contributed by atoms with van der Waals surface area (Å²) in [5.74, 6) is -0.397. The maximum atomic E-state index is 12.9. The van der Waals surface area contributed by atoms with Crippen molar-refractivity contribution in [1.29, 1.82) is 0 Å². The van der Waals surface area contributed by atoms with Gasteiger partial charge in [-0.3, -0.25) is 4.79 Å². The number of hydrogen-bond acceptors (Lipinski definition) is 3. The predicted octanol–water partition coefficient (Wildman–Crippen LogP) is 3.17. The minimum atomic E-state index is -3.83. The van der Waals surface area contributed by atoms with Crippen LogP contribution in [0, 0.1) is 27.7 Å². The summed E-state index contributed by atoms with van der Waals surface area (Å²) in [7, 11) is -0.922. The Balaban J connectivity index is 2.37. The van der Waals surface area contributed by atoms with Crippen LogP contribution in [-0.2, 0) is 15.0 Å². The van der Waals surface area contributed by atoms with Crippen molar-refractivity contribution in [3.05, 3.63) is 58.7 Å². The maximum Gasteiger partial charge on any atom is 0.304 e. The van der Waals surface area contributed by atoms with Gasteiger partial charge in [0.2, 0.25) is 5.91 Å². The molecule has 0 aliphatic heterocycles. The zero-order valence-electron chi connectivity index (χ0n) is 16.7. The minimum Gasteiger partial charge on any atom is -0.324 e. The summed E-state index contributed by atoms with van der Waals surface area (Å²) < 4.78 is 28.0. The Morgan fingerprint density at radius 3 is 2.07 bits per heavy atom. The van der Waals surface area contributed by atoms with E-state index in [1.54, 1.807) is 6.07 Å². The van der Waals surface area contributed by atoms with Crippen molar-refractivity contribution in [3.63, 3.8) is 0 Å². The Kier molecular flexibility index (Phi) is 6.28. The number of aryl methyl sites for hydroxylation is 4. The molecule has 0 aromatic heterocycles. The van der Waals surface area contributed by atoms with E-state index in [2.05, 4.69) is 5.32 Å². The van der Waals surface area contributed by atoms with Crippen LogP contribution in [-0.4, -0.2) is 39.3 Å². The SMILES string of the molecule is Cc1cc(C)cc(NC(=O)CN(c2cc(C)ccc2C)S(=O)(=O)N(C)C)c1. The van der Waals surface area contributed by atoms with Gasteiger partial charge in [0.05, 0.1) is 5.69 Å². The zero-order valence-corrected chi connectivity index (χ0v) is 17.5. The first-order chi connectivity index (χ1) is 12.5. The number of carbonyl (C=O) groups excluding carboxylic acids is 1. The largest absolute Gasteiger partial charge is 0.324 e. The molecule has 0 saturated heterocycles. The van der Waals surface area contributed by atoms with Crippen LogP contribution in [0.5, 0.6) is 0 Å². The van der Waals surface area contributed by atoms with E-state index in [1.165, 1.54) is 14.1 Å². The van der Waals surface area contributed by atoms with Crippen LogP contribution in [0.4, 0.5) is 11.4 Å². The van der Waals surface area contributed by atoms with E-state index in [0.717, 1.165) is 30.9 Å². The molecule has 6 nitrogen and oxygen atoms in total. The topological polar surface area (TPSA) is 69.7 Å². The Labute approximate surface area is 162 Å². The van der Waals surface area contributed by atoms with Crippen LogP contribution in [0.25, 0.3) is 0 Å². The van der Waals surface area contributed by atoms with Gasteiger partial charge >= 0.3 is 10.2 Å². The van der Waals surface area contributed by atoms with Crippen LogP contribution in [0.2, 0.25) is 0 Å². The van der Waals surface area contributed by atoms with Crippen molar-refractivity contribution in [2.75, 3.05) is 30.3 Å². The Hall–Kier alpha value is -2.38. The molecule has 1 N–H and O–H groups in total. The Bertz CT molecular complexity index is 933. The molecule has 0 bridgehead atoms. The summed E-state index contributed by atoms with van der Waals surface area (Å²) >= 11 is 0. The molecule has 0 unspecified atom stereocenters. The fourth-order valence-electron chi connectivity index (χ4n) is 2.85. The molecule has 1 amide bonds. The summed E-state index contributed by atoms with van der Waals surface area (Å²) in [6.07, 6.45) is 0. The van der Waals surface area contributed by atoms with Crippen molar-refractivity contribution >= 4 is 27.5 Å². The van der Waals surface area contributed by atoms with Gasteiger partial charge in [-0.15, -0.1) is 0 Å². The highest BCUT2D eigenvalue weighted by Gasteiger charge is 2.28. The van der Waals surface area contributed by atoms with E-state index < -0.39 is 16.1 Å². The molecule has 0 heterocycles. The van der Waals surface area contributed by atoms with Crippen LogP contribution < -0.4 is 9.62 Å². The molecule has 0 fully saturated rings. The third-order valence-corrected chi connectivity index (χ3v) is 5.97. The van der Waals surface area contributed by atoms with Gasteiger partial charge in [-0.1, -0.05) is 18.2 Å². The third kappa shape index (κ3) is 5.08. The van der Waals surface area contributed by atoms with Gasteiger partial charge in [0.15, 0.2) is 0 Å². The Morgan fingerprint density at radius 2 is 1.52 bits per heavy atom. The van der Waals surface area contributed by atoms with E-state index in [0.29, 0.717) is 11.4 Å². The smallest absolute Gasteiger partial charge is 0.304 e. The van der Waals surface area contributed by atoms with E-state index in [-0.39, 0.29) is 6.54 Å². The van der Waals surface area contributed by atoms with Crippen LogP contribution in [0.3, 0.4) is 0 Å². The lowest BCUT2D eigenvalue weighted by Crippen LogP contribution is -2.44. The van der Waals surface area contributed by atoms with Crippen molar-refractivity contribution in [1.82, 2.24) is 4.31 Å². The molecule has 2 aromatic rings. The number of hydrogen-bond donors (Lipinski definition) is 1. The van der Waals surface area contributed by atoms with E-state index >= 15 is 0 Å². The number of nitrogens with zero attached hydrogens (tertiary/aromatic N) is 2. The lowest BCUT2D eigenvalue weighted by Gasteiger charge is -2.28. The highest BCUT2D eigenvalue weighted by molar-refractivity contribution is 7.90. The molecule has 0 aliphatic carbocycles. The number of rotatable bonds is 6. The molecule has 0 atom stereocenters. The van der Waals surface area contributed by atoms with Crippen LogP contribution >= 0.6 is 0 Å². The van der Waals surface area contributed by atoms with Gasteiger partial charge in [0, 0.05) is 19.8 Å². The zero-order chi connectivity index (χ0) is 20.4. The molecule has 27 heavy (non-hydrogen) atoms. The normalized spacial score (nSPS) is 11.5. The van der Waals surface area contributed by atoms with Crippen molar-refractivity contribution < 1.29 is 13.2 Å². The average molecular weight is 390 g/mol. The summed E-state index contributed by atoms with van der Waals surface area (Å²) in [4.78, 5) is 12.6. The van der Waals surface area contributed by atoms with E-state index in [1.807, 2.05) is 58.0 Å². The Morgan fingerprint density at radius 1 is 0.926 bits per heavy atom. The molecular weight excluding hydrogens is 362 g/mol. The minimum absolute atomic E-state index is 0.308. The summed E-state index contributed by atoms with van der Waals surface area (Å²) in [5, 5.41) is 2.81. The predicted molar refractivity (Wildman–Crippen MR) is 110 cm³/mol. The second-order valence-corrected chi connectivity index (χ2v) is 9.08. The van der Waals surface area contributed by atoms with E-state index in [4.69, 9.17) is 0 Å². The van der Waals surface area contributed by atoms with Gasteiger partial charge in [0.1, 0.15) is 6.54 Å². The van der Waals surface area contributed by atoms with Crippen LogP contribution in [0.15, 0.2) is 36.4 Å². The lowest BCUT2D eigenvalue weighted by atomic mass is 10.1. The molecular formula is C20H27N3O3S. The monoisotopic (exact) mass is 389 g/mol. The molecule has 0 spiro atoms. The lowest BCUT2D eigenvalue weighted by molar-refractivity contribution is -0.114. The molecule has 2 aromatic carbocycles. The fourth-order valence-corrected chi connectivity index (χ4v) is 3.97. The first-order valence-corrected chi connectivity index (χ1v) is 10.1. The van der Waals surface area contributed by atoms with Crippen molar-refractivity contribution in [2.45, 2.75) is 27.7 Å². The highest BCUT2D eigenvalue weighted by atomic mass is 32.2. The second-order valence-electron chi connectivity index (χ2n) is 7.01. The fraction of sp³-hybridized carbons (Fsp3) is 0.350. The van der Waals surface area contributed by atoms with Crippen molar-refractivity contribution in [2.24, 2.45) is 0 Å². The van der Waals surface area contributed by atoms with Gasteiger partial charge in [-0.05, 0) is 68.1 Å². The number of benzene rings is 2. The van der Waals surface area contributed by atoms with Gasteiger partial charge in [-0.2, -0.15) is 12.7 Å². The molecule has 7 heteroatoms. The molecule has 0 saturated carbocycles. The van der Waals surface area contributed by atoms with E-state index in [9.17, 15) is 13.2 Å². The summed E-state index contributed by atoms with van der Waals surface area (Å²) in [6.45, 7) is 7.30.